The zero-order valence-corrected chi connectivity index (χ0v) is 12.3. The average molecular weight is 295 g/mol. The van der Waals surface area contributed by atoms with Crippen molar-refractivity contribution in [1.29, 1.82) is 0 Å². The SMILES string of the molecule is O=[N+]([O-])c1ncc[n-]1.[Zn+2].c1ccc2[n-]cnc2c1. The number of nitro groups is 1. The van der Waals surface area contributed by atoms with E-state index >= 15 is 0 Å². The molecule has 3 aromatic rings. The topological polar surface area (TPSA) is 97.1 Å². The third-order valence-electron chi connectivity index (χ3n) is 1.89. The summed E-state index contributed by atoms with van der Waals surface area (Å²) in [4.78, 5) is 23.7. The van der Waals surface area contributed by atoms with Crippen LogP contribution in [-0.2, 0) is 19.5 Å². The molecule has 0 unspecified atom stereocenters. The Morgan fingerprint density at radius 3 is 2.50 bits per heavy atom. The summed E-state index contributed by atoms with van der Waals surface area (Å²) >= 11 is 0. The Hall–Kier alpha value is -2.08. The molecule has 1 aromatic carbocycles. The van der Waals surface area contributed by atoms with Gasteiger partial charge in [-0.3, -0.25) is 0 Å². The molecule has 0 saturated heterocycles. The van der Waals surface area contributed by atoms with E-state index in [-0.39, 0.29) is 25.4 Å². The van der Waals surface area contributed by atoms with Crippen molar-refractivity contribution in [2.45, 2.75) is 0 Å². The van der Waals surface area contributed by atoms with Gasteiger partial charge in [-0.15, -0.1) is 0 Å². The number of aromatic nitrogens is 4. The van der Waals surface area contributed by atoms with Crippen molar-refractivity contribution in [3.05, 3.63) is 53.1 Å². The Bertz CT molecular complexity index is 577. The van der Waals surface area contributed by atoms with Gasteiger partial charge in [-0.05, 0) is 11.0 Å². The number of nitrogens with zero attached hydrogens (tertiary/aromatic N) is 5. The number of para-hydroxylation sites is 2. The van der Waals surface area contributed by atoms with Crippen LogP contribution in [0.1, 0.15) is 0 Å². The summed E-state index contributed by atoms with van der Waals surface area (Å²) in [6, 6.07) is 7.80. The summed E-state index contributed by atoms with van der Waals surface area (Å²) in [5.41, 5.74) is 1.94. The smallest absolute Gasteiger partial charge is 0.458 e. The third-order valence-corrected chi connectivity index (χ3v) is 1.89. The summed E-state index contributed by atoms with van der Waals surface area (Å²) in [5.74, 6) is -0.343. The van der Waals surface area contributed by atoms with Crippen molar-refractivity contribution in [2.24, 2.45) is 0 Å². The molecule has 3 rings (SSSR count). The van der Waals surface area contributed by atoms with Crippen molar-refractivity contribution in [2.75, 3.05) is 0 Å². The molecule has 0 aliphatic heterocycles. The van der Waals surface area contributed by atoms with Gasteiger partial charge in [0.1, 0.15) is 0 Å². The van der Waals surface area contributed by atoms with Crippen molar-refractivity contribution < 1.29 is 24.4 Å². The van der Waals surface area contributed by atoms with Crippen LogP contribution in [0.3, 0.4) is 0 Å². The van der Waals surface area contributed by atoms with E-state index in [9.17, 15) is 10.1 Å². The van der Waals surface area contributed by atoms with Gasteiger partial charge in [0.2, 0.25) is 0 Å². The standard InChI is InChI=1S/C7H5N2.C3H2N3O2.Zn/c1-2-4-7-6(3-1)8-5-9-7;7-6(8)3-4-1-2-5-3;/h1-5H;1-2H;/q2*-1;+2. The monoisotopic (exact) mass is 293 g/mol. The molecule has 0 spiro atoms. The Morgan fingerprint density at radius 2 is 1.94 bits per heavy atom. The maximum atomic E-state index is 9.74. The predicted molar refractivity (Wildman–Crippen MR) is 59.3 cm³/mol. The van der Waals surface area contributed by atoms with Crippen LogP contribution < -0.4 is 9.97 Å². The van der Waals surface area contributed by atoms with E-state index in [1.807, 2.05) is 24.3 Å². The minimum atomic E-state index is -0.639. The fourth-order valence-electron chi connectivity index (χ4n) is 1.16. The average Bonchev–Trinajstić information content (AvgIpc) is 3.01. The van der Waals surface area contributed by atoms with Gasteiger partial charge in [-0.25, -0.2) is 9.97 Å². The number of benzene rings is 1. The third kappa shape index (κ3) is 3.46. The van der Waals surface area contributed by atoms with Crippen LogP contribution in [-0.4, -0.2) is 14.9 Å². The van der Waals surface area contributed by atoms with Gasteiger partial charge in [0.25, 0.3) is 5.95 Å². The second-order valence-electron chi connectivity index (χ2n) is 2.98. The van der Waals surface area contributed by atoms with Crippen molar-refractivity contribution in [3.63, 3.8) is 0 Å². The Labute approximate surface area is 115 Å². The first-order valence-corrected chi connectivity index (χ1v) is 4.68. The first-order valence-electron chi connectivity index (χ1n) is 4.68. The van der Waals surface area contributed by atoms with Crippen LogP contribution in [0, 0.1) is 10.1 Å². The van der Waals surface area contributed by atoms with Crippen LogP contribution in [0.5, 0.6) is 0 Å². The molecule has 8 heteroatoms. The predicted octanol–water partition coefficient (Wildman–Crippen LogP) is 1.14. The van der Waals surface area contributed by atoms with Gasteiger partial charge < -0.3 is 20.1 Å². The zero-order valence-electron chi connectivity index (χ0n) is 9.30. The number of rotatable bonds is 1. The van der Waals surface area contributed by atoms with Gasteiger partial charge in [-0.1, -0.05) is 30.6 Å². The summed E-state index contributed by atoms with van der Waals surface area (Å²) < 4.78 is 0. The molecule has 0 N–H and O–H groups in total. The molecule has 0 aliphatic carbocycles. The summed E-state index contributed by atoms with van der Waals surface area (Å²) in [5, 5.41) is 9.74. The van der Waals surface area contributed by atoms with E-state index < -0.39 is 4.92 Å². The quantitative estimate of drug-likeness (QED) is 0.379. The molecule has 86 valence electrons. The summed E-state index contributed by atoms with van der Waals surface area (Å²) in [6.07, 6.45) is 4.13. The maximum Gasteiger partial charge on any atom is 2.00 e. The largest absolute Gasteiger partial charge is 2.00 e. The molecular formula is C10H7N5O2Zn. The molecule has 0 fully saturated rings. The normalized spacial score (nSPS) is 9.11. The zero-order chi connectivity index (χ0) is 12.1. The van der Waals surface area contributed by atoms with E-state index in [1.54, 1.807) is 6.33 Å². The molecule has 0 aliphatic rings. The summed E-state index contributed by atoms with van der Waals surface area (Å²) in [6.45, 7) is 0. The Balaban J connectivity index is 0.000000172. The van der Waals surface area contributed by atoms with E-state index in [2.05, 4.69) is 19.9 Å². The van der Waals surface area contributed by atoms with Crippen LogP contribution in [0.15, 0.2) is 43.0 Å². The first kappa shape index (κ1) is 14.0. The van der Waals surface area contributed by atoms with Crippen molar-refractivity contribution in [3.8, 4) is 0 Å². The number of fused-ring (bicyclic) bond motifs is 1. The number of hydrogen-bond acceptors (Lipinski definition) is 4. The maximum absolute atomic E-state index is 9.74. The van der Waals surface area contributed by atoms with E-state index in [1.165, 1.54) is 12.4 Å². The fraction of sp³-hybridized carbons (Fsp3) is 0. The number of imidazole rings is 2. The second kappa shape index (κ2) is 6.61. The summed E-state index contributed by atoms with van der Waals surface area (Å²) in [7, 11) is 0. The van der Waals surface area contributed by atoms with Crippen LogP contribution >= 0.6 is 0 Å². The molecule has 0 saturated carbocycles. The first-order chi connectivity index (χ1) is 8.27. The van der Waals surface area contributed by atoms with Crippen molar-refractivity contribution in [1.82, 2.24) is 19.9 Å². The van der Waals surface area contributed by atoms with Gasteiger partial charge in [0.05, 0.1) is 0 Å². The molecule has 18 heavy (non-hydrogen) atoms. The van der Waals surface area contributed by atoms with Gasteiger partial charge in [0, 0.05) is 12.4 Å². The minimum absolute atomic E-state index is 0. The van der Waals surface area contributed by atoms with E-state index in [0.29, 0.717) is 0 Å². The second-order valence-corrected chi connectivity index (χ2v) is 2.98. The van der Waals surface area contributed by atoms with Gasteiger partial charge in [0.15, 0.2) is 0 Å². The molecule has 2 heterocycles. The van der Waals surface area contributed by atoms with Gasteiger partial charge >= 0.3 is 19.5 Å². The molecule has 0 bridgehead atoms. The van der Waals surface area contributed by atoms with Gasteiger partial charge in [-0.2, -0.15) is 4.92 Å². The molecule has 0 radical (unpaired) electrons. The minimum Gasteiger partial charge on any atom is -0.458 e. The molecule has 0 atom stereocenters. The fourth-order valence-corrected chi connectivity index (χ4v) is 1.16. The van der Waals surface area contributed by atoms with E-state index in [0.717, 1.165) is 11.0 Å². The molecule has 0 amide bonds. The van der Waals surface area contributed by atoms with Crippen LogP contribution in [0.25, 0.3) is 11.0 Å². The van der Waals surface area contributed by atoms with Crippen LogP contribution in [0.2, 0.25) is 0 Å². The molecular weight excluding hydrogens is 288 g/mol. The Kier molecular flexibility index (Phi) is 5.13. The number of hydrogen-bond donors (Lipinski definition) is 0. The Morgan fingerprint density at radius 1 is 1.17 bits per heavy atom. The molecule has 7 nitrogen and oxygen atoms in total. The molecule has 2 aromatic heterocycles. The van der Waals surface area contributed by atoms with E-state index in [4.69, 9.17) is 0 Å². The van der Waals surface area contributed by atoms with Crippen LogP contribution in [0.4, 0.5) is 5.95 Å². The van der Waals surface area contributed by atoms with Crippen molar-refractivity contribution >= 4 is 17.0 Å².